The van der Waals surface area contributed by atoms with E-state index in [-0.39, 0.29) is 28.1 Å². The second kappa shape index (κ2) is 5.81. The van der Waals surface area contributed by atoms with Crippen molar-refractivity contribution in [2.75, 3.05) is 12.3 Å². The van der Waals surface area contributed by atoms with Crippen LogP contribution in [0.25, 0.3) is 0 Å². The first-order chi connectivity index (χ1) is 7.95. The first-order valence-electron chi connectivity index (χ1n) is 4.66. The predicted molar refractivity (Wildman–Crippen MR) is 61.1 cm³/mol. The van der Waals surface area contributed by atoms with Gasteiger partial charge in [-0.3, -0.25) is 0 Å². The monoisotopic (exact) mass is 309 g/mol. The van der Waals surface area contributed by atoms with E-state index in [0.717, 1.165) is 6.07 Å². The molecule has 1 aromatic rings. The molecule has 0 radical (unpaired) electrons. The number of anilines is 1. The smallest absolute Gasteiger partial charge is 0.387 e. The number of nitrogen functional groups attached to an aromatic ring is 1. The van der Waals surface area contributed by atoms with Crippen molar-refractivity contribution in [2.24, 2.45) is 0 Å². The van der Waals surface area contributed by atoms with Crippen molar-refractivity contribution in [2.45, 2.75) is 13.5 Å². The Morgan fingerprint density at radius 2 is 2.18 bits per heavy atom. The Labute approximate surface area is 105 Å². The lowest BCUT2D eigenvalue weighted by atomic mass is 10.2. The molecule has 0 aliphatic carbocycles. The second-order valence-electron chi connectivity index (χ2n) is 2.97. The Kier molecular flexibility index (Phi) is 4.68. The molecule has 4 nitrogen and oxygen atoms in total. The van der Waals surface area contributed by atoms with Gasteiger partial charge in [-0.05, 0) is 28.9 Å². The van der Waals surface area contributed by atoms with E-state index in [2.05, 4.69) is 20.7 Å². The van der Waals surface area contributed by atoms with E-state index in [9.17, 15) is 13.6 Å². The molecule has 17 heavy (non-hydrogen) atoms. The molecule has 0 fully saturated rings. The second-order valence-corrected chi connectivity index (χ2v) is 3.77. The Balaban J connectivity index is 3.10. The van der Waals surface area contributed by atoms with Gasteiger partial charge in [0.25, 0.3) is 0 Å². The molecule has 0 amide bonds. The van der Waals surface area contributed by atoms with Gasteiger partial charge in [0, 0.05) is 6.07 Å². The van der Waals surface area contributed by atoms with E-state index in [1.165, 1.54) is 6.07 Å². The summed E-state index contributed by atoms with van der Waals surface area (Å²) in [6.45, 7) is -1.18. The first-order valence-corrected chi connectivity index (χ1v) is 5.46. The fourth-order valence-corrected chi connectivity index (χ4v) is 1.54. The lowest BCUT2D eigenvalue weighted by Gasteiger charge is -2.10. The van der Waals surface area contributed by atoms with Gasteiger partial charge in [0.15, 0.2) is 0 Å². The number of ether oxygens (including phenoxy) is 2. The zero-order chi connectivity index (χ0) is 13.0. The number of carbonyl (C=O) groups is 1. The van der Waals surface area contributed by atoms with Gasteiger partial charge in [-0.15, -0.1) is 0 Å². The van der Waals surface area contributed by atoms with E-state index >= 15 is 0 Å². The molecule has 7 heteroatoms. The highest BCUT2D eigenvalue weighted by Crippen LogP contribution is 2.30. The Morgan fingerprint density at radius 1 is 1.53 bits per heavy atom. The molecule has 0 spiro atoms. The van der Waals surface area contributed by atoms with E-state index in [4.69, 9.17) is 10.5 Å². The van der Waals surface area contributed by atoms with E-state index in [1.54, 1.807) is 6.92 Å². The molecule has 94 valence electrons. The zero-order valence-corrected chi connectivity index (χ0v) is 10.5. The van der Waals surface area contributed by atoms with Crippen LogP contribution in [0.4, 0.5) is 14.5 Å². The SMILES string of the molecule is CCOC(=O)c1cc(OC(F)F)cc(N)c1Br. The van der Waals surface area contributed by atoms with E-state index in [0.29, 0.717) is 0 Å². The summed E-state index contributed by atoms with van der Waals surface area (Å²) < 4.78 is 33.3. The summed E-state index contributed by atoms with van der Waals surface area (Å²) in [7, 11) is 0. The maximum absolute atomic E-state index is 12.0. The quantitative estimate of drug-likeness (QED) is 0.686. The highest BCUT2D eigenvalue weighted by atomic mass is 79.9. The first kappa shape index (κ1) is 13.7. The van der Waals surface area contributed by atoms with Crippen LogP contribution in [0.5, 0.6) is 5.75 Å². The fourth-order valence-electron chi connectivity index (χ4n) is 1.15. The molecule has 0 bridgehead atoms. The maximum Gasteiger partial charge on any atom is 0.387 e. The minimum absolute atomic E-state index is 0.0440. The minimum Gasteiger partial charge on any atom is -0.462 e. The number of carbonyl (C=O) groups excluding carboxylic acids is 1. The normalized spacial score (nSPS) is 10.4. The molecule has 0 heterocycles. The summed E-state index contributed by atoms with van der Waals surface area (Å²) in [4.78, 5) is 11.5. The van der Waals surface area contributed by atoms with Gasteiger partial charge in [0.2, 0.25) is 0 Å². The zero-order valence-electron chi connectivity index (χ0n) is 8.88. The van der Waals surface area contributed by atoms with Crippen molar-refractivity contribution < 1.29 is 23.0 Å². The summed E-state index contributed by atoms with van der Waals surface area (Å²) in [5.41, 5.74) is 5.71. The van der Waals surface area contributed by atoms with Gasteiger partial charge in [-0.25, -0.2) is 4.79 Å². The molecule has 0 atom stereocenters. The molecule has 0 unspecified atom stereocenters. The number of benzene rings is 1. The third kappa shape index (κ3) is 3.55. The lowest BCUT2D eigenvalue weighted by Crippen LogP contribution is -2.09. The van der Waals surface area contributed by atoms with Gasteiger partial charge in [0.1, 0.15) is 5.75 Å². The summed E-state index contributed by atoms with van der Waals surface area (Å²) in [6, 6.07) is 2.34. The average Bonchev–Trinajstić information content (AvgIpc) is 2.22. The van der Waals surface area contributed by atoms with Crippen LogP contribution in [0.2, 0.25) is 0 Å². The van der Waals surface area contributed by atoms with Gasteiger partial charge in [0.05, 0.1) is 22.3 Å². The predicted octanol–water partition coefficient (Wildman–Crippen LogP) is 2.81. The number of rotatable bonds is 4. The molecule has 0 saturated heterocycles. The maximum atomic E-state index is 12.0. The fraction of sp³-hybridized carbons (Fsp3) is 0.300. The van der Waals surface area contributed by atoms with Crippen LogP contribution >= 0.6 is 15.9 Å². The molecular formula is C10H10BrF2NO3. The van der Waals surface area contributed by atoms with Gasteiger partial charge >= 0.3 is 12.6 Å². The third-order valence-corrected chi connectivity index (χ3v) is 2.68. The molecular weight excluding hydrogens is 300 g/mol. The molecule has 0 saturated carbocycles. The van der Waals surface area contributed by atoms with Crippen LogP contribution < -0.4 is 10.5 Å². The molecule has 1 rings (SSSR count). The highest BCUT2D eigenvalue weighted by molar-refractivity contribution is 9.10. The van der Waals surface area contributed by atoms with Crippen LogP contribution in [-0.2, 0) is 4.74 Å². The Bertz CT molecular complexity index is 426. The van der Waals surface area contributed by atoms with Crippen molar-refractivity contribution in [1.82, 2.24) is 0 Å². The molecule has 2 N–H and O–H groups in total. The highest BCUT2D eigenvalue weighted by Gasteiger charge is 2.17. The number of esters is 1. The summed E-state index contributed by atoms with van der Waals surface area (Å²) >= 11 is 3.08. The largest absolute Gasteiger partial charge is 0.462 e. The lowest BCUT2D eigenvalue weighted by molar-refractivity contribution is -0.0498. The standard InChI is InChI=1S/C10H10BrF2NO3/c1-2-16-9(15)6-3-5(17-10(12)13)4-7(14)8(6)11/h3-4,10H,2,14H2,1H3. The molecule has 0 aromatic heterocycles. The van der Waals surface area contributed by atoms with Crippen LogP contribution in [0.3, 0.4) is 0 Å². The minimum atomic E-state index is -2.98. The number of hydrogen-bond donors (Lipinski definition) is 1. The summed E-state index contributed by atoms with van der Waals surface area (Å²) in [5, 5.41) is 0. The van der Waals surface area contributed by atoms with Crippen LogP contribution in [0, 0.1) is 0 Å². The van der Waals surface area contributed by atoms with Gasteiger partial charge in [-0.2, -0.15) is 8.78 Å². The topological polar surface area (TPSA) is 61.5 Å². The van der Waals surface area contributed by atoms with E-state index < -0.39 is 12.6 Å². The number of hydrogen-bond acceptors (Lipinski definition) is 4. The summed E-state index contributed by atoms with van der Waals surface area (Å²) in [6.07, 6.45) is 0. The van der Waals surface area contributed by atoms with Crippen molar-refractivity contribution in [3.63, 3.8) is 0 Å². The number of alkyl halides is 2. The van der Waals surface area contributed by atoms with Crippen LogP contribution in [-0.4, -0.2) is 19.2 Å². The average molecular weight is 310 g/mol. The van der Waals surface area contributed by atoms with Crippen LogP contribution in [0.1, 0.15) is 17.3 Å². The molecule has 0 aliphatic heterocycles. The van der Waals surface area contributed by atoms with Crippen molar-refractivity contribution in [3.8, 4) is 5.75 Å². The molecule has 1 aromatic carbocycles. The van der Waals surface area contributed by atoms with E-state index in [1.807, 2.05) is 0 Å². The number of halogens is 3. The van der Waals surface area contributed by atoms with Crippen molar-refractivity contribution in [3.05, 3.63) is 22.2 Å². The Morgan fingerprint density at radius 3 is 2.71 bits per heavy atom. The van der Waals surface area contributed by atoms with Crippen LogP contribution in [0.15, 0.2) is 16.6 Å². The third-order valence-electron chi connectivity index (χ3n) is 1.79. The van der Waals surface area contributed by atoms with Gasteiger partial charge < -0.3 is 15.2 Å². The molecule has 0 aliphatic rings. The number of nitrogens with two attached hydrogens (primary N) is 1. The van der Waals surface area contributed by atoms with Crippen molar-refractivity contribution in [1.29, 1.82) is 0 Å². The Hall–Kier alpha value is -1.37. The van der Waals surface area contributed by atoms with Gasteiger partial charge in [-0.1, -0.05) is 0 Å². The van der Waals surface area contributed by atoms with Crippen molar-refractivity contribution >= 4 is 27.6 Å². The summed E-state index contributed by atoms with van der Waals surface area (Å²) in [5.74, 6) is -0.852.